The first kappa shape index (κ1) is 22.2. The fraction of sp³-hybridized carbons (Fsp3) is 0.600. The number of carbonyl (C=O) groups excluding carboxylic acids is 2. The molecule has 0 N–H and O–H groups in total. The van der Waals surface area contributed by atoms with E-state index in [-0.39, 0.29) is 28.8 Å². The van der Waals surface area contributed by atoms with Gasteiger partial charge in [0.05, 0.1) is 22.0 Å². The molecule has 10 heteroatoms. The molecule has 1 heterocycles. The Hall–Kier alpha value is -2.49. The summed E-state index contributed by atoms with van der Waals surface area (Å²) in [5.41, 5.74) is 0.210. The number of nitrogens with zero attached hydrogens (tertiary/aromatic N) is 2. The lowest BCUT2D eigenvalue weighted by atomic mass is 9.93. The highest BCUT2D eigenvalue weighted by molar-refractivity contribution is 7.91. The minimum Gasteiger partial charge on any atom is -0.452 e. The molecule has 2 fully saturated rings. The summed E-state index contributed by atoms with van der Waals surface area (Å²) >= 11 is 0. The summed E-state index contributed by atoms with van der Waals surface area (Å²) in [6.07, 6.45) is 5.04. The Kier molecular flexibility index (Phi) is 6.74. The Bertz CT molecular complexity index is 938. The quantitative estimate of drug-likeness (QED) is 0.379. The van der Waals surface area contributed by atoms with Gasteiger partial charge in [-0.2, -0.15) is 0 Å². The van der Waals surface area contributed by atoms with Crippen LogP contribution in [0.25, 0.3) is 0 Å². The summed E-state index contributed by atoms with van der Waals surface area (Å²) in [4.78, 5) is 37.4. The summed E-state index contributed by atoms with van der Waals surface area (Å²) in [5.74, 6) is -1.25. The van der Waals surface area contributed by atoms with Crippen molar-refractivity contribution in [3.8, 4) is 0 Å². The summed E-state index contributed by atoms with van der Waals surface area (Å²) in [5, 5.41) is 11.1. The van der Waals surface area contributed by atoms with E-state index >= 15 is 0 Å². The van der Waals surface area contributed by atoms with Crippen LogP contribution in [0.15, 0.2) is 18.2 Å². The smallest absolute Gasteiger partial charge is 0.338 e. The number of ether oxygens (including phenoxy) is 1. The van der Waals surface area contributed by atoms with Gasteiger partial charge in [0.25, 0.3) is 11.6 Å². The first-order chi connectivity index (χ1) is 14.2. The Labute approximate surface area is 175 Å². The maximum absolute atomic E-state index is 13.0. The number of nitro benzene ring substituents is 1. The third kappa shape index (κ3) is 5.16. The van der Waals surface area contributed by atoms with Gasteiger partial charge in [-0.15, -0.1) is 0 Å². The fourth-order valence-electron chi connectivity index (χ4n) is 4.28. The van der Waals surface area contributed by atoms with E-state index in [9.17, 15) is 28.1 Å². The van der Waals surface area contributed by atoms with E-state index in [1.165, 1.54) is 12.1 Å². The highest BCUT2D eigenvalue weighted by Gasteiger charge is 2.38. The van der Waals surface area contributed by atoms with E-state index in [0.29, 0.717) is 12.0 Å². The molecule has 0 radical (unpaired) electrons. The van der Waals surface area contributed by atoms with Crippen molar-refractivity contribution in [3.05, 3.63) is 39.4 Å². The van der Waals surface area contributed by atoms with E-state index in [0.717, 1.165) is 38.2 Å². The Balaban J connectivity index is 1.70. The SMILES string of the molecule is Cc1ccc(C(=O)OCC(=O)N(C2CCCCC2)C2CCS(=O)(=O)C2)cc1[N+](=O)[O-]. The zero-order valence-corrected chi connectivity index (χ0v) is 17.7. The van der Waals surface area contributed by atoms with Gasteiger partial charge in [-0.3, -0.25) is 14.9 Å². The number of hydrogen-bond acceptors (Lipinski definition) is 7. The largest absolute Gasteiger partial charge is 0.452 e. The molecule has 1 amide bonds. The van der Waals surface area contributed by atoms with Crippen molar-refractivity contribution in [2.24, 2.45) is 0 Å². The number of hydrogen-bond donors (Lipinski definition) is 0. The van der Waals surface area contributed by atoms with Crippen molar-refractivity contribution in [3.63, 3.8) is 0 Å². The monoisotopic (exact) mass is 438 g/mol. The van der Waals surface area contributed by atoms with Crippen LogP contribution in [0.5, 0.6) is 0 Å². The predicted molar refractivity (Wildman–Crippen MR) is 109 cm³/mol. The lowest BCUT2D eigenvalue weighted by Gasteiger charge is -2.38. The molecule has 0 aromatic heterocycles. The Morgan fingerprint density at radius 2 is 1.87 bits per heavy atom. The van der Waals surface area contributed by atoms with Gasteiger partial charge in [-0.05, 0) is 32.3 Å². The molecule has 3 rings (SSSR count). The normalized spacial score (nSPS) is 21.2. The molecule has 1 atom stereocenters. The summed E-state index contributed by atoms with van der Waals surface area (Å²) in [7, 11) is -3.17. The molecule has 2 aliphatic rings. The van der Waals surface area contributed by atoms with Crippen LogP contribution < -0.4 is 0 Å². The van der Waals surface area contributed by atoms with Crippen molar-refractivity contribution >= 4 is 27.4 Å². The second-order valence-electron chi connectivity index (χ2n) is 7.98. The summed E-state index contributed by atoms with van der Waals surface area (Å²) in [6.45, 7) is 1.04. The van der Waals surface area contributed by atoms with Crippen molar-refractivity contribution < 1.29 is 27.7 Å². The van der Waals surface area contributed by atoms with Crippen LogP contribution in [-0.2, 0) is 19.4 Å². The first-order valence-corrected chi connectivity index (χ1v) is 11.9. The van der Waals surface area contributed by atoms with Crippen molar-refractivity contribution in [1.82, 2.24) is 4.90 Å². The van der Waals surface area contributed by atoms with Crippen LogP contribution in [0.3, 0.4) is 0 Å². The molecule has 1 saturated carbocycles. The number of aryl methyl sites for hydroxylation is 1. The number of nitro groups is 1. The zero-order chi connectivity index (χ0) is 21.9. The van der Waals surface area contributed by atoms with Crippen LogP contribution in [-0.4, -0.2) is 60.3 Å². The maximum Gasteiger partial charge on any atom is 0.338 e. The number of benzene rings is 1. The first-order valence-electron chi connectivity index (χ1n) is 10.1. The minimum atomic E-state index is -3.17. The zero-order valence-electron chi connectivity index (χ0n) is 16.9. The van der Waals surface area contributed by atoms with E-state index < -0.39 is 39.3 Å². The van der Waals surface area contributed by atoms with Gasteiger partial charge in [0.15, 0.2) is 16.4 Å². The topological polar surface area (TPSA) is 124 Å². The van der Waals surface area contributed by atoms with Gasteiger partial charge in [-0.25, -0.2) is 13.2 Å². The van der Waals surface area contributed by atoms with Crippen molar-refractivity contribution in [2.75, 3.05) is 18.1 Å². The number of esters is 1. The van der Waals surface area contributed by atoms with Gasteiger partial charge < -0.3 is 9.64 Å². The number of amides is 1. The molecule has 0 spiro atoms. The molecule has 0 bridgehead atoms. The van der Waals surface area contributed by atoms with Gasteiger partial charge in [-0.1, -0.05) is 25.3 Å². The molecule has 1 saturated heterocycles. The van der Waals surface area contributed by atoms with Crippen LogP contribution in [0, 0.1) is 17.0 Å². The van der Waals surface area contributed by atoms with Crippen LogP contribution in [0.1, 0.15) is 54.4 Å². The maximum atomic E-state index is 13.0. The molecule has 1 aromatic rings. The predicted octanol–water partition coefficient (Wildman–Crippen LogP) is 2.41. The molecule has 164 valence electrons. The van der Waals surface area contributed by atoms with E-state index in [4.69, 9.17) is 4.74 Å². The minimum absolute atomic E-state index is 0.00670. The third-order valence-electron chi connectivity index (χ3n) is 5.83. The summed E-state index contributed by atoms with van der Waals surface area (Å²) < 4.78 is 29.0. The van der Waals surface area contributed by atoms with E-state index in [2.05, 4.69) is 0 Å². The number of carbonyl (C=O) groups is 2. The number of sulfone groups is 1. The van der Waals surface area contributed by atoms with Crippen LogP contribution in [0.4, 0.5) is 5.69 Å². The second kappa shape index (κ2) is 9.11. The van der Waals surface area contributed by atoms with Gasteiger partial charge >= 0.3 is 5.97 Å². The molecule has 1 aliphatic heterocycles. The highest BCUT2D eigenvalue weighted by Crippen LogP contribution is 2.28. The molecule has 1 unspecified atom stereocenters. The van der Waals surface area contributed by atoms with E-state index in [1.807, 2.05) is 0 Å². The average Bonchev–Trinajstić information content (AvgIpc) is 3.06. The Morgan fingerprint density at radius 1 is 1.17 bits per heavy atom. The average molecular weight is 439 g/mol. The van der Waals surface area contributed by atoms with Gasteiger partial charge in [0.2, 0.25) is 0 Å². The highest BCUT2D eigenvalue weighted by atomic mass is 32.2. The van der Waals surface area contributed by atoms with Crippen LogP contribution >= 0.6 is 0 Å². The Morgan fingerprint density at radius 3 is 2.47 bits per heavy atom. The molecule has 1 aliphatic carbocycles. The van der Waals surface area contributed by atoms with E-state index in [1.54, 1.807) is 11.8 Å². The standard InChI is InChI=1S/C20H26N2O7S/c1-14-7-8-15(11-18(14)22(25)26)20(24)29-12-19(23)21(16-5-3-2-4-6-16)17-9-10-30(27,28)13-17/h7-8,11,16-17H,2-6,9-10,12-13H2,1H3. The van der Waals surface area contributed by atoms with Gasteiger partial charge in [0, 0.05) is 23.7 Å². The lowest BCUT2D eigenvalue weighted by Crippen LogP contribution is -2.50. The second-order valence-corrected chi connectivity index (χ2v) is 10.2. The molecule has 1 aromatic carbocycles. The van der Waals surface area contributed by atoms with Gasteiger partial charge in [0.1, 0.15) is 0 Å². The molecular weight excluding hydrogens is 412 g/mol. The summed E-state index contributed by atoms with van der Waals surface area (Å²) in [6, 6.07) is 3.55. The molecule has 30 heavy (non-hydrogen) atoms. The third-order valence-corrected chi connectivity index (χ3v) is 7.58. The number of rotatable bonds is 6. The molecular formula is C20H26N2O7S. The fourth-order valence-corrected chi connectivity index (χ4v) is 5.99. The van der Waals surface area contributed by atoms with Crippen molar-refractivity contribution in [2.45, 2.75) is 57.5 Å². The van der Waals surface area contributed by atoms with Crippen LogP contribution in [0.2, 0.25) is 0 Å². The lowest BCUT2D eigenvalue weighted by molar-refractivity contribution is -0.385. The van der Waals surface area contributed by atoms with Crippen molar-refractivity contribution in [1.29, 1.82) is 0 Å². The molecule has 9 nitrogen and oxygen atoms in total.